The molecule has 1 aromatic rings. The predicted molar refractivity (Wildman–Crippen MR) is 59.3 cm³/mol. The highest BCUT2D eigenvalue weighted by molar-refractivity contribution is 4.99. The van der Waals surface area contributed by atoms with Crippen molar-refractivity contribution in [1.82, 2.24) is 14.7 Å². The van der Waals surface area contributed by atoms with Gasteiger partial charge in [-0.25, -0.2) is 0 Å². The monoisotopic (exact) mass is 195 g/mol. The van der Waals surface area contributed by atoms with E-state index in [0.29, 0.717) is 5.92 Å². The van der Waals surface area contributed by atoms with Crippen LogP contribution in [0.3, 0.4) is 0 Å². The van der Waals surface area contributed by atoms with Gasteiger partial charge in [0.1, 0.15) is 0 Å². The van der Waals surface area contributed by atoms with Crippen molar-refractivity contribution in [2.45, 2.75) is 26.8 Å². The molecule has 0 aliphatic rings. The fourth-order valence-corrected chi connectivity index (χ4v) is 1.36. The van der Waals surface area contributed by atoms with Gasteiger partial charge < -0.3 is 4.90 Å². The second kappa shape index (κ2) is 5.15. The second-order valence-electron chi connectivity index (χ2n) is 4.47. The van der Waals surface area contributed by atoms with E-state index < -0.39 is 0 Å². The highest BCUT2D eigenvalue weighted by atomic mass is 15.3. The molecular formula is C11H21N3. The molecule has 80 valence electrons. The lowest BCUT2D eigenvalue weighted by Crippen LogP contribution is -2.18. The standard InChI is InChI=1S/C11H21N3/c1-10(2)9-11-5-6-14(12-11)8-7-13(3)4/h5-6,10H,7-9H2,1-4H3. The molecule has 1 rings (SSSR count). The molecule has 1 heterocycles. The van der Waals surface area contributed by atoms with Gasteiger partial charge in [0.05, 0.1) is 12.2 Å². The normalized spacial score (nSPS) is 11.6. The smallest absolute Gasteiger partial charge is 0.0627 e. The Hall–Kier alpha value is -0.830. The zero-order valence-electron chi connectivity index (χ0n) is 9.70. The molecule has 1 aromatic heterocycles. The molecule has 0 fully saturated rings. The predicted octanol–water partition coefficient (Wildman–Crippen LogP) is 1.64. The van der Waals surface area contributed by atoms with Crippen molar-refractivity contribution in [2.75, 3.05) is 20.6 Å². The minimum Gasteiger partial charge on any atom is -0.308 e. The topological polar surface area (TPSA) is 21.1 Å². The third-order valence-corrected chi connectivity index (χ3v) is 2.09. The number of likely N-dealkylation sites (N-methyl/N-ethyl adjacent to an activating group) is 1. The Kier molecular flexibility index (Phi) is 4.14. The maximum atomic E-state index is 4.51. The van der Waals surface area contributed by atoms with Crippen molar-refractivity contribution in [3.05, 3.63) is 18.0 Å². The Balaban J connectivity index is 2.42. The summed E-state index contributed by atoms with van der Waals surface area (Å²) in [7, 11) is 4.16. The number of nitrogens with zero attached hydrogens (tertiary/aromatic N) is 3. The third kappa shape index (κ3) is 3.92. The first-order chi connectivity index (χ1) is 6.58. The summed E-state index contributed by atoms with van der Waals surface area (Å²) in [5, 5.41) is 4.51. The van der Waals surface area contributed by atoms with Gasteiger partial charge in [-0.2, -0.15) is 5.10 Å². The maximum absolute atomic E-state index is 4.51. The van der Waals surface area contributed by atoms with E-state index in [9.17, 15) is 0 Å². The number of hydrogen-bond donors (Lipinski definition) is 0. The van der Waals surface area contributed by atoms with Crippen LogP contribution in [0.2, 0.25) is 0 Å². The summed E-state index contributed by atoms with van der Waals surface area (Å²) in [5.74, 6) is 0.687. The van der Waals surface area contributed by atoms with Gasteiger partial charge in [0.2, 0.25) is 0 Å². The Bertz CT molecular complexity index is 263. The number of rotatable bonds is 5. The molecule has 0 amide bonds. The molecule has 3 heteroatoms. The Morgan fingerprint density at radius 3 is 2.71 bits per heavy atom. The van der Waals surface area contributed by atoms with Crippen LogP contribution in [0.4, 0.5) is 0 Å². The van der Waals surface area contributed by atoms with Gasteiger partial charge in [0, 0.05) is 12.7 Å². The van der Waals surface area contributed by atoms with E-state index in [0.717, 1.165) is 19.5 Å². The molecule has 0 aliphatic carbocycles. The fraction of sp³-hybridized carbons (Fsp3) is 0.727. The first-order valence-corrected chi connectivity index (χ1v) is 5.25. The number of aromatic nitrogens is 2. The largest absolute Gasteiger partial charge is 0.308 e. The molecule has 0 aliphatic heterocycles. The van der Waals surface area contributed by atoms with Gasteiger partial charge in [-0.15, -0.1) is 0 Å². The van der Waals surface area contributed by atoms with Gasteiger partial charge in [-0.3, -0.25) is 4.68 Å². The summed E-state index contributed by atoms with van der Waals surface area (Å²) in [4.78, 5) is 2.17. The molecule has 0 N–H and O–H groups in total. The van der Waals surface area contributed by atoms with Gasteiger partial charge >= 0.3 is 0 Å². The van der Waals surface area contributed by atoms with Crippen LogP contribution in [0, 0.1) is 5.92 Å². The van der Waals surface area contributed by atoms with Crippen molar-refractivity contribution in [1.29, 1.82) is 0 Å². The molecule has 14 heavy (non-hydrogen) atoms. The van der Waals surface area contributed by atoms with Crippen LogP contribution in [0.15, 0.2) is 12.3 Å². The average Bonchev–Trinajstić information content (AvgIpc) is 2.47. The summed E-state index contributed by atoms with van der Waals surface area (Å²) in [6.45, 7) is 6.46. The molecule has 3 nitrogen and oxygen atoms in total. The van der Waals surface area contributed by atoms with E-state index in [1.807, 2.05) is 4.68 Å². The van der Waals surface area contributed by atoms with E-state index in [2.05, 4.69) is 50.2 Å². The highest BCUT2D eigenvalue weighted by Gasteiger charge is 2.01. The van der Waals surface area contributed by atoms with Crippen molar-refractivity contribution >= 4 is 0 Å². The third-order valence-electron chi connectivity index (χ3n) is 2.09. The van der Waals surface area contributed by atoms with Gasteiger partial charge in [-0.05, 0) is 32.5 Å². The van der Waals surface area contributed by atoms with Crippen LogP contribution in [0.1, 0.15) is 19.5 Å². The molecule has 0 aromatic carbocycles. The molecule has 0 saturated carbocycles. The molecule has 0 radical (unpaired) electrons. The van der Waals surface area contributed by atoms with E-state index in [1.54, 1.807) is 0 Å². The molecule has 0 unspecified atom stereocenters. The Morgan fingerprint density at radius 1 is 1.43 bits per heavy atom. The van der Waals surface area contributed by atoms with Crippen LogP contribution in [-0.4, -0.2) is 35.3 Å². The van der Waals surface area contributed by atoms with Crippen LogP contribution >= 0.6 is 0 Å². The molecular weight excluding hydrogens is 174 g/mol. The lowest BCUT2D eigenvalue weighted by molar-refractivity contribution is 0.372. The van der Waals surface area contributed by atoms with Gasteiger partial charge in [0.15, 0.2) is 0 Å². The van der Waals surface area contributed by atoms with Crippen LogP contribution < -0.4 is 0 Å². The summed E-state index contributed by atoms with van der Waals surface area (Å²) < 4.78 is 2.03. The highest BCUT2D eigenvalue weighted by Crippen LogP contribution is 2.04. The molecule has 0 atom stereocenters. The van der Waals surface area contributed by atoms with Crippen molar-refractivity contribution < 1.29 is 0 Å². The fourth-order valence-electron chi connectivity index (χ4n) is 1.36. The Morgan fingerprint density at radius 2 is 2.14 bits per heavy atom. The first kappa shape index (κ1) is 11.2. The van der Waals surface area contributed by atoms with E-state index >= 15 is 0 Å². The van der Waals surface area contributed by atoms with Gasteiger partial charge in [0.25, 0.3) is 0 Å². The minimum atomic E-state index is 0.687. The molecule has 0 spiro atoms. The minimum absolute atomic E-state index is 0.687. The van der Waals surface area contributed by atoms with E-state index in [1.165, 1.54) is 5.69 Å². The first-order valence-electron chi connectivity index (χ1n) is 5.25. The van der Waals surface area contributed by atoms with Crippen molar-refractivity contribution in [3.8, 4) is 0 Å². The summed E-state index contributed by atoms with van der Waals surface area (Å²) in [6.07, 6.45) is 3.15. The van der Waals surface area contributed by atoms with E-state index in [4.69, 9.17) is 0 Å². The molecule has 0 bridgehead atoms. The van der Waals surface area contributed by atoms with Crippen molar-refractivity contribution in [2.24, 2.45) is 5.92 Å². The quantitative estimate of drug-likeness (QED) is 0.712. The average molecular weight is 195 g/mol. The lowest BCUT2D eigenvalue weighted by atomic mass is 10.1. The SMILES string of the molecule is CC(C)Cc1ccn(CCN(C)C)n1. The van der Waals surface area contributed by atoms with Crippen LogP contribution in [-0.2, 0) is 13.0 Å². The van der Waals surface area contributed by atoms with Gasteiger partial charge in [-0.1, -0.05) is 13.8 Å². The second-order valence-corrected chi connectivity index (χ2v) is 4.47. The zero-order chi connectivity index (χ0) is 10.6. The molecule has 0 saturated heterocycles. The van der Waals surface area contributed by atoms with E-state index in [-0.39, 0.29) is 0 Å². The Labute approximate surface area is 86.7 Å². The van der Waals surface area contributed by atoms with Crippen molar-refractivity contribution in [3.63, 3.8) is 0 Å². The number of hydrogen-bond acceptors (Lipinski definition) is 2. The summed E-state index contributed by atoms with van der Waals surface area (Å²) in [5.41, 5.74) is 1.21. The van der Waals surface area contributed by atoms with Crippen LogP contribution in [0.5, 0.6) is 0 Å². The summed E-state index contributed by atoms with van der Waals surface area (Å²) in [6, 6.07) is 2.12. The zero-order valence-corrected chi connectivity index (χ0v) is 9.70. The lowest BCUT2D eigenvalue weighted by Gasteiger charge is -2.08. The van der Waals surface area contributed by atoms with Crippen LogP contribution in [0.25, 0.3) is 0 Å². The maximum Gasteiger partial charge on any atom is 0.0627 e. The summed E-state index contributed by atoms with van der Waals surface area (Å²) >= 11 is 0.